The highest BCUT2D eigenvalue weighted by Gasteiger charge is 2.25. The molecule has 0 saturated carbocycles. The number of hydrogen-bond acceptors (Lipinski definition) is 3. The second-order valence-corrected chi connectivity index (χ2v) is 7.33. The summed E-state index contributed by atoms with van der Waals surface area (Å²) in [5.74, 6) is 0.411. The number of para-hydroxylation sites is 1. The van der Waals surface area contributed by atoms with Gasteiger partial charge in [0.15, 0.2) is 0 Å². The first-order valence-electron chi connectivity index (χ1n) is 9.08. The largest absolute Gasteiger partial charge is 0.507 e. The van der Waals surface area contributed by atoms with E-state index in [4.69, 9.17) is 0 Å². The lowest BCUT2D eigenvalue weighted by Gasteiger charge is -2.23. The second kappa shape index (κ2) is 6.66. The zero-order valence-corrected chi connectivity index (χ0v) is 16.7. The van der Waals surface area contributed by atoms with E-state index in [2.05, 4.69) is 0 Å². The van der Waals surface area contributed by atoms with Gasteiger partial charge in [0.25, 0.3) is 0 Å². The van der Waals surface area contributed by atoms with Crippen LogP contribution in [0, 0.1) is 41.5 Å². The first-order chi connectivity index (χ1) is 12.7. The third-order valence-electron chi connectivity index (χ3n) is 5.90. The van der Waals surface area contributed by atoms with Crippen molar-refractivity contribution < 1.29 is 15.3 Å². The van der Waals surface area contributed by atoms with Crippen LogP contribution < -0.4 is 0 Å². The van der Waals surface area contributed by atoms with Crippen molar-refractivity contribution in [1.29, 1.82) is 0 Å². The van der Waals surface area contributed by atoms with Crippen molar-refractivity contribution in [2.75, 3.05) is 0 Å². The minimum Gasteiger partial charge on any atom is -0.507 e. The molecule has 3 nitrogen and oxygen atoms in total. The molecule has 140 valence electrons. The van der Waals surface area contributed by atoms with Crippen LogP contribution in [-0.4, -0.2) is 15.3 Å². The molecule has 0 aliphatic rings. The van der Waals surface area contributed by atoms with Crippen molar-refractivity contribution in [1.82, 2.24) is 0 Å². The van der Waals surface area contributed by atoms with Crippen LogP contribution in [0.3, 0.4) is 0 Å². The highest BCUT2D eigenvalue weighted by atomic mass is 16.3. The first-order valence-corrected chi connectivity index (χ1v) is 9.08. The lowest BCUT2D eigenvalue weighted by atomic mass is 9.82. The SMILES string of the molecule is Cc1cc(O)c(-c2c(O)c(C)c(C)c(C)c2-c2ccccc2O)c(C)c1C. The Hall–Kier alpha value is -2.94. The Morgan fingerprint density at radius 3 is 1.78 bits per heavy atom. The van der Waals surface area contributed by atoms with E-state index in [9.17, 15) is 15.3 Å². The average Bonchev–Trinajstić information content (AvgIpc) is 2.63. The molecule has 3 aromatic carbocycles. The first kappa shape index (κ1) is 18.8. The molecule has 3 aromatic rings. The molecule has 0 aromatic heterocycles. The van der Waals surface area contributed by atoms with Crippen LogP contribution in [0.25, 0.3) is 22.3 Å². The van der Waals surface area contributed by atoms with Crippen LogP contribution in [-0.2, 0) is 0 Å². The average molecular weight is 362 g/mol. The topological polar surface area (TPSA) is 60.7 Å². The Balaban J connectivity index is 2.56. The lowest BCUT2D eigenvalue weighted by Crippen LogP contribution is -2.00. The minimum absolute atomic E-state index is 0.130. The number of phenols is 3. The normalized spacial score (nSPS) is 11.0. The van der Waals surface area contributed by atoms with Gasteiger partial charge < -0.3 is 15.3 Å². The number of benzene rings is 3. The van der Waals surface area contributed by atoms with Crippen molar-refractivity contribution >= 4 is 0 Å². The molecule has 0 spiro atoms. The summed E-state index contributed by atoms with van der Waals surface area (Å²) in [6, 6.07) is 8.84. The highest BCUT2D eigenvalue weighted by molar-refractivity contribution is 5.96. The van der Waals surface area contributed by atoms with Crippen LogP contribution >= 0.6 is 0 Å². The number of aryl methyl sites for hydroxylation is 1. The van der Waals surface area contributed by atoms with Gasteiger partial charge in [0.05, 0.1) is 0 Å². The van der Waals surface area contributed by atoms with Crippen molar-refractivity contribution in [3.05, 3.63) is 63.7 Å². The molecule has 0 saturated heterocycles. The maximum absolute atomic E-state index is 11.1. The predicted molar refractivity (Wildman–Crippen MR) is 111 cm³/mol. The van der Waals surface area contributed by atoms with Gasteiger partial charge in [-0.2, -0.15) is 0 Å². The zero-order chi connectivity index (χ0) is 20.0. The Kier molecular flexibility index (Phi) is 4.64. The van der Waals surface area contributed by atoms with Gasteiger partial charge in [-0.05, 0) is 87.1 Å². The molecule has 27 heavy (non-hydrogen) atoms. The van der Waals surface area contributed by atoms with E-state index in [1.807, 2.05) is 53.7 Å². The third-order valence-corrected chi connectivity index (χ3v) is 5.90. The number of hydrogen-bond donors (Lipinski definition) is 3. The van der Waals surface area contributed by atoms with Gasteiger partial charge in [0.2, 0.25) is 0 Å². The summed E-state index contributed by atoms with van der Waals surface area (Å²) in [7, 11) is 0. The molecule has 0 unspecified atom stereocenters. The number of phenolic OH excluding ortho intramolecular Hbond substituents is 3. The molecule has 0 aliphatic carbocycles. The van der Waals surface area contributed by atoms with Gasteiger partial charge in [-0.3, -0.25) is 0 Å². The van der Waals surface area contributed by atoms with Crippen LogP contribution in [0.15, 0.2) is 30.3 Å². The van der Waals surface area contributed by atoms with E-state index in [0.29, 0.717) is 16.7 Å². The molecule has 0 atom stereocenters. The lowest BCUT2D eigenvalue weighted by molar-refractivity contribution is 0.465. The monoisotopic (exact) mass is 362 g/mol. The van der Waals surface area contributed by atoms with Crippen LogP contribution in [0.5, 0.6) is 17.2 Å². The zero-order valence-electron chi connectivity index (χ0n) is 16.7. The molecule has 3 rings (SSSR count). The van der Waals surface area contributed by atoms with Gasteiger partial charge >= 0.3 is 0 Å². The maximum Gasteiger partial charge on any atom is 0.127 e. The number of rotatable bonds is 2. The molecule has 0 bridgehead atoms. The Morgan fingerprint density at radius 1 is 0.556 bits per heavy atom. The van der Waals surface area contributed by atoms with Crippen molar-refractivity contribution in [2.24, 2.45) is 0 Å². The molecule has 3 N–H and O–H groups in total. The van der Waals surface area contributed by atoms with E-state index in [1.54, 1.807) is 18.2 Å². The van der Waals surface area contributed by atoms with Gasteiger partial charge in [0.1, 0.15) is 17.2 Å². The molecule has 3 heteroatoms. The van der Waals surface area contributed by atoms with Gasteiger partial charge in [-0.15, -0.1) is 0 Å². The highest BCUT2D eigenvalue weighted by Crippen LogP contribution is 2.50. The molecule has 0 heterocycles. The quantitative estimate of drug-likeness (QED) is 0.525. The van der Waals surface area contributed by atoms with E-state index in [0.717, 1.165) is 38.9 Å². The second-order valence-electron chi connectivity index (χ2n) is 7.33. The molecule has 0 fully saturated rings. The van der Waals surface area contributed by atoms with Gasteiger partial charge in [-0.25, -0.2) is 0 Å². The third kappa shape index (κ3) is 2.84. The van der Waals surface area contributed by atoms with Crippen LogP contribution in [0.1, 0.15) is 33.4 Å². The number of aromatic hydroxyl groups is 3. The van der Waals surface area contributed by atoms with Crippen molar-refractivity contribution in [2.45, 2.75) is 41.5 Å². The Bertz CT molecular complexity index is 1060. The minimum atomic E-state index is 0.130. The Labute approximate surface area is 160 Å². The fourth-order valence-electron chi connectivity index (χ4n) is 3.78. The Morgan fingerprint density at radius 2 is 1.15 bits per heavy atom. The maximum atomic E-state index is 11.1. The standard InChI is InChI=1S/C24H26O3/c1-12-11-20(26)22(15(4)13(12)2)23-21(18-9-7-8-10-19(18)25)16(5)14(3)17(6)24(23)27/h7-11,25-27H,1-6H3. The molecule has 0 aliphatic heterocycles. The summed E-state index contributed by atoms with van der Waals surface area (Å²) < 4.78 is 0. The molecular formula is C24H26O3. The van der Waals surface area contributed by atoms with E-state index in [-0.39, 0.29) is 17.2 Å². The van der Waals surface area contributed by atoms with E-state index < -0.39 is 0 Å². The van der Waals surface area contributed by atoms with Crippen LogP contribution in [0.4, 0.5) is 0 Å². The van der Waals surface area contributed by atoms with Gasteiger partial charge in [-0.1, -0.05) is 18.2 Å². The van der Waals surface area contributed by atoms with Crippen LogP contribution in [0.2, 0.25) is 0 Å². The summed E-state index contributed by atoms with van der Waals surface area (Å²) in [5.41, 5.74) is 8.26. The van der Waals surface area contributed by atoms with Crippen molar-refractivity contribution in [3.8, 4) is 39.5 Å². The molecular weight excluding hydrogens is 336 g/mol. The smallest absolute Gasteiger partial charge is 0.127 e. The predicted octanol–water partition coefficient (Wildman–Crippen LogP) is 5.99. The van der Waals surface area contributed by atoms with E-state index >= 15 is 0 Å². The van der Waals surface area contributed by atoms with E-state index in [1.165, 1.54) is 0 Å². The summed E-state index contributed by atoms with van der Waals surface area (Å²) >= 11 is 0. The summed E-state index contributed by atoms with van der Waals surface area (Å²) in [4.78, 5) is 0. The summed E-state index contributed by atoms with van der Waals surface area (Å²) in [6.45, 7) is 11.8. The fourth-order valence-corrected chi connectivity index (χ4v) is 3.78. The molecule has 0 radical (unpaired) electrons. The summed E-state index contributed by atoms with van der Waals surface area (Å²) in [5, 5.41) is 32.4. The molecule has 0 amide bonds. The fraction of sp³-hybridized carbons (Fsp3) is 0.250. The van der Waals surface area contributed by atoms with Crippen molar-refractivity contribution in [3.63, 3.8) is 0 Å². The summed E-state index contributed by atoms with van der Waals surface area (Å²) in [6.07, 6.45) is 0. The van der Waals surface area contributed by atoms with Gasteiger partial charge in [0, 0.05) is 22.3 Å².